The molecule has 52 heavy (non-hydrogen) atoms. The molecule has 0 spiro atoms. The Hall–Kier alpha value is -3.26. The van der Waals surface area contributed by atoms with Gasteiger partial charge in [0.2, 0.25) is 0 Å². The predicted molar refractivity (Wildman–Crippen MR) is 210 cm³/mol. The molecule has 3 heterocycles. The van der Waals surface area contributed by atoms with Crippen LogP contribution in [0.5, 0.6) is 0 Å². The maximum Gasteiger partial charge on any atom is 0.389 e. The number of benzene rings is 3. The number of aliphatic hydroxyl groups is 1. The Kier molecular flexibility index (Phi) is 12.5. The first-order valence-corrected chi connectivity index (χ1v) is 21.7. The second kappa shape index (κ2) is 15.6. The number of aliphatic hydroxyl groups excluding tert-OH is 1. The number of carbonyl (C=O) groups is 1. The minimum Gasteiger partial charge on any atom is -0.512 e. The van der Waals surface area contributed by atoms with E-state index in [2.05, 4.69) is 100 Å². The number of ketones is 1. The van der Waals surface area contributed by atoms with Gasteiger partial charge in [-0.05, 0) is 82.1 Å². The molecule has 0 aliphatic carbocycles. The van der Waals surface area contributed by atoms with Crippen LogP contribution < -0.4 is 5.19 Å². The van der Waals surface area contributed by atoms with Crippen molar-refractivity contribution in [3.63, 3.8) is 0 Å². The van der Waals surface area contributed by atoms with Crippen LogP contribution in [0.4, 0.5) is 13.2 Å². The van der Waals surface area contributed by atoms with Crippen LogP contribution in [0.3, 0.4) is 0 Å². The Morgan fingerprint density at radius 2 is 1.60 bits per heavy atom. The molecule has 1 atom stereocenters. The smallest absolute Gasteiger partial charge is 0.389 e. The number of allylic oxidation sites excluding steroid dienone is 2. The molecule has 0 aliphatic rings. The summed E-state index contributed by atoms with van der Waals surface area (Å²) in [6.45, 7) is 21.6. The van der Waals surface area contributed by atoms with Gasteiger partial charge >= 0.3 is 6.18 Å². The second-order valence-electron chi connectivity index (χ2n) is 16.4. The van der Waals surface area contributed by atoms with E-state index in [1.807, 2.05) is 20.0 Å². The average molecular weight is 906 g/mol. The number of alkyl halides is 3. The number of pyridine rings is 2. The topological polar surface area (TPSA) is 54.6 Å². The molecule has 1 radical (unpaired) electrons. The van der Waals surface area contributed by atoms with Gasteiger partial charge in [0.05, 0.1) is 20.3 Å². The van der Waals surface area contributed by atoms with Crippen LogP contribution in [0.25, 0.3) is 49.0 Å². The van der Waals surface area contributed by atoms with Gasteiger partial charge in [0.25, 0.3) is 0 Å². The number of fused-ring (bicyclic) bond motifs is 5. The van der Waals surface area contributed by atoms with Gasteiger partial charge in [0, 0.05) is 55.2 Å². The Bertz CT molecular complexity index is 2240. The molecule has 1 N–H and O–H groups in total. The molecular formula is C43H52F3IrN2O2Si-. The van der Waals surface area contributed by atoms with Crippen molar-refractivity contribution in [1.82, 2.24) is 9.38 Å². The third-order valence-corrected chi connectivity index (χ3v) is 12.0. The van der Waals surface area contributed by atoms with E-state index in [0.29, 0.717) is 12.8 Å². The zero-order chi connectivity index (χ0) is 37.6. The largest absolute Gasteiger partial charge is 0.512 e. The van der Waals surface area contributed by atoms with Crippen LogP contribution in [0.15, 0.2) is 60.5 Å². The summed E-state index contributed by atoms with van der Waals surface area (Å²) in [6, 6.07) is 20.1. The van der Waals surface area contributed by atoms with Gasteiger partial charge in [-0.2, -0.15) is 13.2 Å². The number of aromatic nitrogens is 2. The Morgan fingerprint density at radius 1 is 0.942 bits per heavy atom. The molecule has 6 aromatic rings. The van der Waals surface area contributed by atoms with Gasteiger partial charge in [-0.3, -0.25) is 4.79 Å². The van der Waals surface area contributed by atoms with E-state index in [0.717, 1.165) is 23.4 Å². The Labute approximate surface area is 320 Å². The van der Waals surface area contributed by atoms with E-state index in [9.17, 15) is 23.1 Å². The molecule has 0 amide bonds. The minimum absolute atomic E-state index is 0. The number of nitrogens with zero attached hydrogens (tertiary/aromatic N) is 2. The van der Waals surface area contributed by atoms with E-state index in [4.69, 9.17) is 4.98 Å². The predicted octanol–water partition coefficient (Wildman–Crippen LogP) is 12.0. The van der Waals surface area contributed by atoms with E-state index < -0.39 is 32.3 Å². The van der Waals surface area contributed by atoms with Gasteiger partial charge in [0.1, 0.15) is 0 Å². The van der Waals surface area contributed by atoms with Crippen LogP contribution in [0, 0.1) is 30.2 Å². The summed E-state index contributed by atoms with van der Waals surface area (Å²) < 4.78 is 39.3. The summed E-state index contributed by atoms with van der Waals surface area (Å²) >= 11 is 0. The van der Waals surface area contributed by atoms with Gasteiger partial charge in [-0.15, -0.1) is 17.7 Å². The van der Waals surface area contributed by atoms with E-state index in [-0.39, 0.29) is 43.6 Å². The van der Waals surface area contributed by atoms with E-state index in [1.165, 1.54) is 54.4 Å². The normalized spacial score (nSPS) is 13.7. The van der Waals surface area contributed by atoms with Crippen LogP contribution >= 0.6 is 0 Å². The second-order valence-corrected chi connectivity index (χ2v) is 21.5. The van der Waals surface area contributed by atoms with Crippen LogP contribution in [-0.4, -0.2) is 34.5 Å². The summed E-state index contributed by atoms with van der Waals surface area (Å²) in [5.74, 6) is -2.00. The fourth-order valence-corrected chi connectivity index (χ4v) is 8.47. The number of hydrogen-bond acceptors (Lipinski definition) is 3. The summed E-state index contributed by atoms with van der Waals surface area (Å²) in [6.07, 6.45) is -0.0306. The molecule has 0 saturated heterocycles. The van der Waals surface area contributed by atoms with Crippen molar-refractivity contribution in [2.75, 3.05) is 0 Å². The third-order valence-electron chi connectivity index (χ3n) is 9.98. The van der Waals surface area contributed by atoms with Crippen molar-refractivity contribution in [2.45, 2.75) is 106 Å². The van der Waals surface area contributed by atoms with Gasteiger partial charge < -0.3 is 14.5 Å². The van der Waals surface area contributed by atoms with Crippen molar-refractivity contribution in [2.24, 2.45) is 17.3 Å². The number of halogens is 3. The summed E-state index contributed by atoms with van der Waals surface area (Å²) in [4.78, 5) is 16.6. The molecule has 3 aromatic heterocycles. The molecule has 281 valence electrons. The Morgan fingerprint density at radius 3 is 2.17 bits per heavy atom. The van der Waals surface area contributed by atoms with Crippen LogP contribution in [0.2, 0.25) is 19.6 Å². The number of rotatable bonds is 9. The maximum atomic E-state index is 12.3. The van der Waals surface area contributed by atoms with Crippen molar-refractivity contribution in [3.8, 4) is 0 Å². The van der Waals surface area contributed by atoms with Crippen molar-refractivity contribution < 1.29 is 43.2 Å². The third kappa shape index (κ3) is 8.74. The van der Waals surface area contributed by atoms with E-state index >= 15 is 0 Å². The fraction of sp³-hybridized carbons (Fsp3) is 0.442. The molecule has 3 aromatic carbocycles. The first-order valence-electron chi connectivity index (χ1n) is 18.2. The minimum atomic E-state index is -4.33. The zero-order valence-corrected chi connectivity index (χ0v) is 35.5. The van der Waals surface area contributed by atoms with Gasteiger partial charge in [0.15, 0.2) is 5.78 Å². The molecule has 0 saturated carbocycles. The maximum absolute atomic E-state index is 12.3. The fourth-order valence-electron chi connectivity index (χ4n) is 7.31. The first kappa shape index (κ1) is 41.5. The molecule has 1 unspecified atom stereocenters. The molecule has 0 aliphatic heterocycles. The molecule has 6 rings (SSSR count). The van der Waals surface area contributed by atoms with Crippen LogP contribution in [-0.2, 0) is 31.3 Å². The van der Waals surface area contributed by atoms with Crippen LogP contribution in [0.1, 0.15) is 78.4 Å². The monoisotopic (exact) mass is 906 g/mol. The van der Waals surface area contributed by atoms with Gasteiger partial charge in [-0.1, -0.05) is 102 Å². The van der Waals surface area contributed by atoms with Gasteiger partial charge in [-0.25, -0.2) is 0 Å². The van der Waals surface area contributed by atoms with Crippen molar-refractivity contribution in [1.29, 1.82) is 0 Å². The number of carbonyl (C=O) groups excluding carboxylic acids is 1. The SMILES string of the molecule is CCC(CC)C(=O)/C=C(\O)C(CC)CC(F)(F)F.Cc1[c-]c2c3nccc4cc([Si](C)(C)C)cc(c43)n3c4ccc(CC(C)(C)C)cc4c(c1)c23.[Ir]. The molecule has 4 nitrogen and oxygen atoms in total. The van der Waals surface area contributed by atoms with Crippen molar-refractivity contribution >= 4 is 68.0 Å². The molecular weight excluding hydrogens is 854 g/mol. The Balaban J connectivity index is 0.000000275. The number of hydrogen-bond donors (Lipinski definition) is 1. The van der Waals surface area contributed by atoms with Crippen molar-refractivity contribution in [3.05, 3.63) is 77.7 Å². The number of aryl methyl sites for hydroxylation is 1. The molecule has 0 bridgehead atoms. The first-order chi connectivity index (χ1) is 23.8. The summed E-state index contributed by atoms with van der Waals surface area (Å²) in [7, 11) is -1.50. The summed E-state index contributed by atoms with van der Waals surface area (Å²) in [5, 5.41) is 17.4. The van der Waals surface area contributed by atoms with E-state index in [1.54, 1.807) is 6.92 Å². The standard InChI is InChI=1S/C30H31N2Si.C13H21F3O2.Ir/c1-18-12-23-22-14-19(17-30(2,3)4)8-9-25(22)32-26-16-21(33(5,6)7)15-20-10-11-31-28(27(20)26)24(13-18)29(23)32;1-4-9(5-2)11(17)7-12(18)10(6-3)8-13(14,15)16;/h8-12,14-16H,17H2,1-7H3;7,9-10,18H,4-6,8H2,1-3H3;/q-1;;/b;12-7-;. The zero-order valence-electron chi connectivity index (χ0n) is 32.1. The molecule has 9 heteroatoms. The quantitative estimate of drug-likeness (QED) is 0.0393. The summed E-state index contributed by atoms with van der Waals surface area (Å²) in [5.41, 5.74) is 7.71. The molecule has 0 fully saturated rings. The average Bonchev–Trinajstić information content (AvgIpc) is 3.34.